The van der Waals surface area contributed by atoms with Gasteiger partial charge < -0.3 is 4.74 Å². The Hall–Kier alpha value is -1.33. The molecule has 0 saturated heterocycles. The van der Waals surface area contributed by atoms with Crippen molar-refractivity contribution < 1.29 is 9.13 Å². The fourth-order valence-electron chi connectivity index (χ4n) is 1.95. The van der Waals surface area contributed by atoms with Crippen LogP contribution in [0, 0.1) is 5.82 Å². The Labute approximate surface area is 119 Å². The van der Waals surface area contributed by atoms with Crippen molar-refractivity contribution >= 4 is 23.4 Å². The number of halogens is 2. The van der Waals surface area contributed by atoms with E-state index in [0.29, 0.717) is 16.5 Å². The summed E-state index contributed by atoms with van der Waals surface area (Å²) in [5, 5.41) is 0.459. The minimum Gasteiger partial charge on any atom is -0.494 e. The van der Waals surface area contributed by atoms with Crippen LogP contribution in [0.5, 0.6) is 5.75 Å². The van der Waals surface area contributed by atoms with Crippen LogP contribution in [0.3, 0.4) is 0 Å². The Bertz CT molecular complexity index is 651. The van der Waals surface area contributed by atoms with Gasteiger partial charge in [-0.3, -0.25) is 0 Å². The maximum absolute atomic E-state index is 13.7. The Morgan fingerprint density at radius 1 is 1.32 bits per heavy atom. The van der Waals surface area contributed by atoms with Gasteiger partial charge in [0.25, 0.3) is 0 Å². The second-order valence-corrected chi connectivity index (χ2v) is 5.45. The molecule has 3 rings (SSSR count). The molecule has 0 saturated carbocycles. The molecule has 0 unspecified atom stereocenters. The highest BCUT2D eigenvalue weighted by Gasteiger charge is 2.19. The molecule has 0 atom stereocenters. The lowest BCUT2D eigenvalue weighted by atomic mass is 10.2. The van der Waals surface area contributed by atoms with Gasteiger partial charge in [0.2, 0.25) is 0 Å². The zero-order valence-corrected chi connectivity index (χ0v) is 11.7. The molecule has 0 radical (unpaired) electrons. The molecule has 0 spiro atoms. The predicted octanol–water partition coefficient (Wildman–Crippen LogP) is 3.69. The lowest BCUT2D eigenvalue weighted by Gasteiger charge is -2.07. The molecule has 1 aliphatic rings. The fourth-order valence-corrected chi connectivity index (χ4v) is 3.32. The predicted molar refractivity (Wildman–Crippen MR) is 74.0 cm³/mol. The van der Waals surface area contributed by atoms with Gasteiger partial charge in [0.05, 0.1) is 12.8 Å². The third-order valence-corrected chi connectivity index (χ3v) is 4.22. The highest BCUT2D eigenvalue weighted by Crippen LogP contribution is 2.34. The van der Waals surface area contributed by atoms with E-state index in [4.69, 9.17) is 16.3 Å². The van der Waals surface area contributed by atoms with Crippen molar-refractivity contribution in [2.75, 3.05) is 7.11 Å². The quantitative estimate of drug-likeness (QED) is 0.792. The van der Waals surface area contributed by atoms with Gasteiger partial charge in [0.1, 0.15) is 5.15 Å². The number of ether oxygens (including phenoxy) is 1. The lowest BCUT2D eigenvalue weighted by Crippen LogP contribution is -1.98. The highest BCUT2D eigenvalue weighted by atomic mass is 35.5. The number of benzene rings is 1. The molecule has 19 heavy (non-hydrogen) atoms. The van der Waals surface area contributed by atoms with Crippen molar-refractivity contribution in [1.82, 2.24) is 9.97 Å². The molecule has 0 N–H and O–H groups in total. The smallest absolute Gasteiger partial charge is 0.165 e. The lowest BCUT2D eigenvalue weighted by molar-refractivity contribution is 0.386. The molecule has 1 aromatic heterocycles. The summed E-state index contributed by atoms with van der Waals surface area (Å²) in [6, 6.07) is 4.64. The minimum atomic E-state index is -0.436. The fraction of sp³-hybridized carbons (Fsp3) is 0.231. The van der Waals surface area contributed by atoms with Crippen LogP contribution in [-0.2, 0) is 11.5 Å². The number of hydrogen-bond acceptors (Lipinski definition) is 4. The summed E-state index contributed by atoms with van der Waals surface area (Å²) in [6.45, 7) is 0. The first-order valence-corrected chi connectivity index (χ1v) is 7.19. The average Bonchev–Trinajstić information content (AvgIpc) is 2.87. The SMILES string of the molecule is COc1ccc(-c2nc(Cl)c3c(n2)CSC3)cc1F. The van der Waals surface area contributed by atoms with E-state index in [1.165, 1.54) is 13.2 Å². The summed E-state index contributed by atoms with van der Waals surface area (Å²) in [4.78, 5) is 8.70. The maximum atomic E-state index is 13.7. The highest BCUT2D eigenvalue weighted by molar-refractivity contribution is 7.98. The van der Waals surface area contributed by atoms with E-state index in [2.05, 4.69) is 9.97 Å². The van der Waals surface area contributed by atoms with Gasteiger partial charge in [-0.1, -0.05) is 11.6 Å². The Morgan fingerprint density at radius 3 is 2.89 bits per heavy atom. The molecule has 2 heterocycles. The van der Waals surface area contributed by atoms with Crippen LogP contribution in [0.4, 0.5) is 4.39 Å². The zero-order chi connectivity index (χ0) is 13.4. The van der Waals surface area contributed by atoms with E-state index in [1.54, 1.807) is 23.9 Å². The molecule has 1 aliphatic heterocycles. The molecule has 98 valence electrons. The van der Waals surface area contributed by atoms with E-state index in [-0.39, 0.29) is 5.75 Å². The van der Waals surface area contributed by atoms with Gasteiger partial charge in [0, 0.05) is 22.6 Å². The molecule has 3 nitrogen and oxygen atoms in total. The molecule has 0 amide bonds. The first-order valence-electron chi connectivity index (χ1n) is 5.66. The molecule has 0 fully saturated rings. The van der Waals surface area contributed by atoms with Crippen LogP contribution in [0.1, 0.15) is 11.3 Å². The number of thioether (sulfide) groups is 1. The van der Waals surface area contributed by atoms with E-state index in [0.717, 1.165) is 22.8 Å². The van der Waals surface area contributed by atoms with Crippen LogP contribution < -0.4 is 4.74 Å². The summed E-state index contributed by atoms with van der Waals surface area (Å²) in [5.41, 5.74) is 2.53. The number of aromatic nitrogens is 2. The van der Waals surface area contributed by atoms with Crippen LogP contribution in [0.25, 0.3) is 11.4 Å². The van der Waals surface area contributed by atoms with Crippen molar-refractivity contribution in [3.8, 4) is 17.1 Å². The Balaban J connectivity index is 2.07. The molecule has 1 aromatic carbocycles. The number of methoxy groups -OCH3 is 1. The van der Waals surface area contributed by atoms with Gasteiger partial charge in [-0.05, 0) is 18.2 Å². The standard InChI is InChI=1S/C13H10ClFN2OS/c1-18-11-3-2-7(4-9(11)15)13-16-10-6-19-5-8(10)12(14)17-13/h2-4H,5-6H2,1H3. The zero-order valence-electron chi connectivity index (χ0n) is 10.1. The molecule has 6 heteroatoms. The van der Waals surface area contributed by atoms with E-state index in [1.807, 2.05) is 0 Å². The minimum absolute atomic E-state index is 0.201. The summed E-state index contributed by atoms with van der Waals surface area (Å²) in [6.07, 6.45) is 0. The second kappa shape index (κ2) is 4.98. The number of nitrogens with zero attached hydrogens (tertiary/aromatic N) is 2. The van der Waals surface area contributed by atoms with Gasteiger partial charge >= 0.3 is 0 Å². The van der Waals surface area contributed by atoms with Gasteiger partial charge in [-0.25, -0.2) is 14.4 Å². The van der Waals surface area contributed by atoms with E-state index in [9.17, 15) is 4.39 Å². The Kier molecular flexibility index (Phi) is 3.33. The number of rotatable bonds is 2. The maximum Gasteiger partial charge on any atom is 0.165 e. The molecule has 2 aromatic rings. The van der Waals surface area contributed by atoms with Gasteiger partial charge in [-0.2, -0.15) is 11.8 Å². The largest absolute Gasteiger partial charge is 0.494 e. The molecular weight excluding hydrogens is 287 g/mol. The summed E-state index contributed by atoms with van der Waals surface area (Å²) in [7, 11) is 1.43. The van der Waals surface area contributed by atoms with Gasteiger partial charge in [0.15, 0.2) is 17.4 Å². The average molecular weight is 297 g/mol. The van der Waals surface area contributed by atoms with E-state index >= 15 is 0 Å². The second-order valence-electron chi connectivity index (χ2n) is 4.11. The summed E-state index contributed by atoms with van der Waals surface area (Å²) < 4.78 is 18.6. The summed E-state index contributed by atoms with van der Waals surface area (Å²) >= 11 is 7.89. The van der Waals surface area contributed by atoms with Crippen molar-refractivity contribution in [2.45, 2.75) is 11.5 Å². The normalized spacial score (nSPS) is 13.4. The monoisotopic (exact) mass is 296 g/mol. The van der Waals surface area contributed by atoms with Crippen LogP contribution in [0.15, 0.2) is 18.2 Å². The van der Waals surface area contributed by atoms with Crippen molar-refractivity contribution in [2.24, 2.45) is 0 Å². The first-order chi connectivity index (χ1) is 9.19. The topological polar surface area (TPSA) is 35.0 Å². The number of fused-ring (bicyclic) bond motifs is 1. The molecule has 0 aliphatic carbocycles. The van der Waals surface area contributed by atoms with Gasteiger partial charge in [-0.15, -0.1) is 0 Å². The van der Waals surface area contributed by atoms with Crippen LogP contribution >= 0.6 is 23.4 Å². The van der Waals surface area contributed by atoms with E-state index < -0.39 is 5.82 Å². The first kappa shape index (κ1) is 12.7. The van der Waals surface area contributed by atoms with Crippen molar-refractivity contribution in [1.29, 1.82) is 0 Å². The third-order valence-electron chi connectivity index (χ3n) is 2.94. The number of hydrogen-bond donors (Lipinski definition) is 0. The van der Waals surface area contributed by atoms with Crippen molar-refractivity contribution in [3.63, 3.8) is 0 Å². The molecule has 0 bridgehead atoms. The van der Waals surface area contributed by atoms with Crippen LogP contribution in [-0.4, -0.2) is 17.1 Å². The van der Waals surface area contributed by atoms with Crippen LogP contribution in [0.2, 0.25) is 5.15 Å². The molecular formula is C13H10ClFN2OS. The summed E-state index contributed by atoms with van der Waals surface area (Å²) in [5.74, 6) is 1.88. The van der Waals surface area contributed by atoms with Crippen molar-refractivity contribution in [3.05, 3.63) is 40.4 Å². The Morgan fingerprint density at radius 2 is 2.16 bits per heavy atom. The third kappa shape index (κ3) is 2.28.